The van der Waals surface area contributed by atoms with Crippen molar-refractivity contribution in [3.63, 3.8) is 0 Å². The summed E-state index contributed by atoms with van der Waals surface area (Å²) >= 11 is 0. The number of benzene rings is 2. The van der Waals surface area contributed by atoms with E-state index in [4.69, 9.17) is 0 Å². The lowest BCUT2D eigenvalue weighted by atomic mass is 9.62. The average Bonchev–Trinajstić information content (AvgIpc) is 3.18. The molecule has 1 fully saturated rings. The van der Waals surface area contributed by atoms with Crippen LogP contribution in [0.4, 0.5) is 0 Å². The van der Waals surface area contributed by atoms with Crippen molar-refractivity contribution < 1.29 is 5.11 Å². The van der Waals surface area contributed by atoms with Gasteiger partial charge in [0.05, 0.1) is 12.2 Å². The number of aliphatic hydroxyl groups excluding tert-OH is 1. The molecule has 0 aromatic heterocycles. The number of hydrogen-bond donors (Lipinski definition) is 1. The first-order valence-corrected chi connectivity index (χ1v) is 10.4. The van der Waals surface area contributed by atoms with Gasteiger partial charge >= 0.3 is 0 Å². The molecular formula is C25H28N2O. The Bertz CT molecular complexity index is 847. The normalized spacial score (nSPS) is 23.0. The molecule has 28 heavy (non-hydrogen) atoms. The Kier molecular flexibility index (Phi) is 5.62. The van der Waals surface area contributed by atoms with Gasteiger partial charge in [-0.05, 0) is 61.4 Å². The highest BCUT2D eigenvalue weighted by molar-refractivity contribution is 5.48. The van der Waals surface area contributed by atoms with Crippen LogP contribution in [-0.2, 0) is 12.0 Å². The number of allylic oxidation sites excluding steroid dienone is 1. The van der Waals surface area contributed by atoms with Gasteiger partial charge in [0, 0.05) is 6.54 Å². The quantitative estimate of drug-likeness (QED) is 0.789. The Morgan fingerprint density at radius 1 is 0.964 bits per heavy atom. The zero-order chi connectivity index (χ0) is 19.4. The minimum absolute atomic E-state index is 0.228. The minimum atomic E-state index is -0.712. The van der Waals surface area contributed by atoms with Crippen LogP contribution in [0.5, 0.6) is 0 Å². The van der Waals surface area contributed by atoms with Crippen molar-refractivity contribution in [3.8, 4) is 6.07 Å². The van der Waals surface area contributed by atoms with Crippen LogP contribution in [0.1, 0.15) is 36.8 Å². The molecule has 1 unspecified atom stereocenters. The Morgan fingerprint density at radius 2 is 1.61 bits per heavy atom. The van der Waals surface area contributed by atoms with Gasteiger partial charge in [0.1, 0.15) is 5.41 Å². The molecule has 2 aromatic rings. The number of piperidine rings is 1. The Morgan fingerprint density at radius 3 is 2.18 bits per heavy atom. The van der Waals surface area contributed by atoms with Gasteiger partial charge in [-0.15, -0.1) is 0 Å². The monoisotopic (exact) mass is 372 g/mol. The maximum atomic E-state index is 10.7. The first-order chi connectivity index (χ1) is 13.7. The number of rotatable bonds is 5. The van der Waals surface area contributed by atoms with E-state index in [9.17, 15) is 10.4 Å². The summed E-state index contributed by atoms with van der Waals surface area (Å²) in [5.74, 6) is 0.228. The third-order valence-electron chi connectivity index (χ3n) is 6.47. The molecule has 0 bridgehead atoms. The first kappa shape index (κ1) is 18.9. The van der Waals surface area contributed by atoms with E-state index in [-0.39, 0.29) is 5.92 Å². The summed E-state index contributed by atoms with van der Waals surface area (Å²) in [4.78, 5) is 2.48. The second kappa shape index (κ2) is 8.31. The zero-order valence-corrected chi connectivity index (χ0v) is 16.3. The van der Waals surface area contributed by atoms with Gasteiger partial charge in [-0.2, -0.15) is 5.26 Å². The predicted octanol–water partition coefficient (Wildman–Crippen LogP) is 4.44. The highest BCUT2D eigenvalue weighted by Crippen LogP contribution is 2.47. The molecule has 3 heteroatoms. The maximum Gasteiger partial charge on any atom is 0.108 e. The van der Waals surface area contributed by atoms with Gasteiger partial charge in [-0.3, -0.25) is 4.90 Å². The summed E-state index contributed by atoms with van der Waals surface area (Å²) in [5, 5.41) is 21.1. The first-order valence-electron chi connectivity index (χ1n) is 10.4. The van der Waals surface area contributed by atoms with E-state index in [1.807, 2.05) is 18.2 Å². The van der Waals surface area contributed by atoms with Crippen LogP contribution in [-0.4, -0.2) is 29.2 Å². The molecule has 0 amide bonds. The van der Waals surface area contributed by atoms with Crippen molar-refractivity contribution in [2.75, 3.05) is 13.1 Å². The van der Waals surface area contributed by atoms with Gasteiger partial charge in [-0.25, -0.2) is 0 Å². The number of likely N-dealkylation sites (tertiary alicyclic amines) is 1. The number of aliphatic hydroxyl groups is 1. The molecule has 1 N–H and O–H groups in total. The molecule has 1 aliphatic heterocycles. The van der Waals surface area contributed by atoms with Crippen molar-refractivity contribution in [3.05, 3.63) is 83.4 Å². The van der Waals surface area contributed by atoms with Gasteiger partial charge in [0.25, 0.3) is 0 Å². The molecule has 2 aliphatic rings. The van der Waals surface area contributed by atoms with Crippen LogP contribution in [0.2, 0.25) is 0 Å². The molecule has 3 nitrogen and oxygen atoms in total. The Balaban J connectivity index is 1.58. The van der Waals surface area contributed by atoms with Crippen molar-refractivity contribution in [2.45, 2.75) is 43.7 Å². The van der Waals surface area contributed by atoms with Crippen LogP contribution in [0.3, 0.4) is 0 Å². The second-order valence-corrected chi connectivity index (χ2v) is 8.07. The molecule has 0 radical (unpaired) electrons. The van der Waals surface area contributed by atoms with Crippen molar-refractivity contribution >= 4 is 0 Å². The average molecular weight is 373 g/mol. The molecule has 0 saturated carbocycles. The van der Waals surface area contributed by atoms with Crippen LogP contribution in [0, 0.1) is 17.2 Å². The van der Waals surface area contributed by atoms with Gasteiger partial charge in [-0.1, -0.05) is 66.7 Å². The van der Waals surface area contributed by atoms with Crippen molar-refractivity contribution in [2.24, 2.45) is 5.92 Å². The number of nitriles is 1. The van der Waals surface area contributed by atoms with Crippen LogP contribution in [0.25, 0.3) is 0 Å². The third kappa shape index (κ3) is 3.51. The van der Waals surface area contributed by atoms with Crippen LogP contribution < -0.4 is 0 Å². The summed E-state index contributed by atoms with van der Waals surface area (Å²) in [5.41, 5.74) is 2.59. The number of nitrogens with zero attached hydrogens (tertiary/aromatic N) is 2. The Hall–Kier alpha value is -2.41. The molecule has 4 rings (SSSR count). The molecule has 1 aliphatic carbocycles. The van der Waals surface area contributed by atoms with E-state index in [1.165, 1.54) is 5.56 Å². The summed E-state index contributed by atoms with van der Waals surface area (Å²) in [6, 6.07) is 23.4. The summed E-state index contributed by atoms with van der Waals surface area (Å²) in [6.45, 7) is 2.93. The summed E-state index contributed by atoms with van der Waals surface area (Å²) in [6.07, 6.45) is 5.16. The van der Waals surface area contributed by atoms with Gasteiger partial charge in [0.15, 0.2) is 0 Å². The smallest absolute Gasteiger partial charge is 0.108 e. The lowest BCUT2D eigenvalue weighted by Gasteiger charge is -2.43. The zero-order valence-electron chi connectivity index (χ0n) is 16.3. The van der Waals surface area contributed by atoms with Gasteiger partial charge in [0.2, 0.25) is 0 Å². The molecule has 1 saturated heterocycles. The fourth-order valence-electron chi connectivity index (χ4n) is 5.04. The maximum absolute atomic E-state index is 10.7. The standard InChI is InChI=1S/C25H28N2O/c26-19-25(21-10-5-2-6-11-21,23-12-7-13-24(23)28)22-14-16-27(17-15-22)18-20-8-3-1-4-9-20/h1-6,8-12,22,24,28H,7,13-18H2/t24-,25?/m0/s1. The van der Waals surface area contributed by atoms with Crippen molar-refractivity contribution in [1.29, 1.82) is 5.26 Å². The lowest BCUT2D eigenvalue weighted by Crippen LogP contribution is -2.45. The van der Waals surface area contributed by atoms with Crippen LogP contribution >= 0.6 is 0 Å². The molecule has 0 spiro atoms. The minimum Gasteiger partial charge on any atom is -0.389 e. The molecule has 2 aromatic carbocycles. The highest BCUT2D eigenvalue weighted by Gasteiger charge is 2.47. The number of hydrogen-bond acceptors (Lipinski definition) is 3. The van der Waals surface area contributed by atoms with E-state index in [0.717, 1.165) is 56.5 Å². The SMILES string of the molecule is N#CC(C1=CCC[C@@H]1O)(c1ccccc1)C1CCN(Cc2ccccc2)CC1. The molecular weight excluding hydrogens is 344 g/mol. The van der Waals surface area contributed by atoms with E-state index >= 15 is 0 Å². The van der Waals surface area contributed by atoms with E-state index in [1.54, 1.807) is 0 Å². The Labute approximate surface area is 167 Å². The fourth-order valence-corrected chi connectivity index (χ4v) is 5.04. The topological polar surface area (TPSA) is 47.3 Å². The molecule has 2 atom stereocenters. The van der Waals surface area contributed by atoms with Gasteiger partial charge < -0.3 is 5.11 Å². The second-order valence-electron chi connectivity index (χ2n) is 8.07. The van der Waals surface area contributed by atoms with E-state index < -0.39 is 11.5 Å². The summed E-state index contributed by atoms with van der Waals surface area (Å²) < 4.78 is 0. The van der Waals surface area contributed by atoms with Crippen molar-refractivity contribution in [1.82, 2.24) is 4.90 Å². The summed E-state index contributed by atoms with van der Waals surface area (Å²) in [7, 11) is 0. The molecule has 1 heterocycles. The largest absolute Gasteiger partial charge is 0.389 e. The molecule has 144 valence electrons. The highest BCUT2D eigenvalue weighted by atomic mass is 16.3. The lowest BCUT2D eigenvalue weighted by molar-refractivity contribution is 0.135. The third-order valence-corrected chi connectivity index (χ3v) is 6.47. The fraction of sp³-hybridized carbons (Fsp3) is 0.400. The van der Waals surface area contributed by atoms with E-state index in [0.29, 0.717) is 0 Å². The predicted molar refractivity (Wildman–Crippen MR) is 111 cm³/mol. The van der Waals surface area contributed by atoms with Crippen LogP contribution in [0.15, 0.2) is 72.3 Å². The van der Waals surface area contributed by atoms with E-state index in [2.05, 4.69) is 59.5 Å².